The molecule has 1 aromatic carbocycles. The van der Waals surface area contributed by atoms with Gasteiger partial charge in [-0.2, -0.15) is 0 Å². The van der Waals surface area contributed by atoms with Crippen LogP contribution in [0.25, 0.3) is 0 Å². The van der Waals surface area contributed by atoms with Crippen LogP contribution < -0.4 is 5.32 Å². The Balaban J connectivity index is 1.82. The number of halogens is 2. The van der Waals surface area contributed by atoms with Crippen molar-refractivity contribution in [3.8, 4) is 0 Å². The molecule has 3 nitrogen and oxygen atoms in total. The molecule has 0 spiro atoms. The van der Waals surface area contributed by atoms with Gasteiger partial charge < -0.3 is 14.8 Å². The Morgan fingerprint density at radius 1 is 1.42 bits per heavy atom. The third-order valence-electron chi connectivity index (χ3n) is 3.00. The van der Waals surface area contributed by atoms with Crippen LogP contribution in [0.4, 0.5) is 0 Å². The molecule has 106 valence electrons. The fraction of sp³-hybridized carbons (Fsp3) is 0.571. The Bertz CT molecular complexity index is 437. The van der Waals surface area contributed by atoms with Gasteiger partial charge in [-0.15, -0.1) is 0 Å². The SMILES string of the molecule is CC1(C)CNCC(COCc2cccc(Cl)c2Cl)O1. The highest BCUT2D eigenvalue weighted by atomic mass is 35.5. The first-order valence-corrected chi connectivity index (χ1v) is 7.13. The Morgan fingerprint density at radius 2 is 2.21 bits per heavy atom. The fourth-order valence-electron chi connectivity index (χ4n) is 2.12. The molecule has 0 amide bonds. The molecule has 1 aromatic rings. The van der Waals surface area contributed by atoms with E-state index in [1.807, 2.05) is 12.1 Å². The third-order valence-corrected chi connectivity index (χ3v) is 3.86. The van der Waals surface area contributed by atoms with Crippen molar-refractivity contribution in [3.63, 3.8) is 0 Å². The van der Waals surface area contributed by atoms with Crippen LogP contribution in [0.15, 0.2) is 18.2 Å². The second-order valence-corrected chi connectivity index (χ2v) is 6.14. The maximum absolute atomic E-state index is 6.10. The molecular formula is C14H19Cl2NO2. The first kappa shape index (κ1) is 15.1. The number of hydrogen-bond acceptors (Lipinski definition) is 3. The number of morpholine rings is 1. The van der Waals surface area contributed by atoms with E-state index in [0.717, 1.165) is 18.7 Å². The van der Waals surface area contributed by atoms with Gasteiger partial charge in [-0.1, -0.05) is 35.3 Å². The van der Waals surface area contributed by atoms with Crippen molar-refractivity contribution in [1.82, 2.24) is 5.32 Å². The minimum Gasteiger partial charge on any atom is -0.374 e. The van der Waals surface area contributed by atoms with Gasteiger partial charge in [0.1, 0.15) is 0 Å². The maximum atomic E-state index is 6.10. The van der Waals surface area contributed by atoms with Crippen LogP contribution in [0, 0.1) is 0 Å². The van der Waals surface area contributed by atoms with Gasteiger partial charge in [0, 0.05) is 13.1 Å². The van der Waals surface area contributed by atoms with Gasteiger partial charge in [-0.3, -0.25) is 0 Å². The summed E-state index contributed by atoms with van der Waals surface area (Å²) in [6.07, 6.45) is 0.0710. The van der Waals surface area contributed by atoms with E-state index in [-0.39, 0.29) is 11.7 Å². The highest BCUT2D eigenvalue weighted by Gasteiger charge is 2.28. The van der Waals surface area contributed by atoms with Crippen molar-refractivity contribution >= 4 is 23.2 Å². The van der Waals surface area contributed by atoms with Crippen molar-refractivity contribution in [2.24, 2.45) is 0 Å². The third kappa shape index (κ3) is 4.33. The zero-order valence-electron chi connectivity index (χ0n) is 11.2. The largest absolute Gasteiger partial charge is 0.374 e. The summed E-state index contributed by atoms with van der Waals surface area (Å²) in [5, 5.41) is 4.46. The molecule has 0 bridgehead atoms. The van der Waals surface area contributed by atoms with E-state index in [9.17, 15) is 0 Å². The predicted octanol–water partition coefficient (Wildman–Crippen LogP) is 3.28. The smallest absolute Gasteiger partial charge is 0.0940 e. The van der Waals surface area contributed by atoms with E-state index < -0.39 is 0 Å². The molecule has 0 aromatic heterocycles. The van der Waals surface area contributed by atoms with Crippen LogP contribution >= 0.6 is 23.2 Å². The summed E-state index contributed by atoms with van der Waals surface area (Å²) in [6, 6.07) is 5.55. The van der Waals surface area contributed by atoms with E-state index in [0.29, 0.717) is 23.3 Å². The van der Waals surface area contributed by atoms with Gasteiger partial charge in [0.25, 0.3) is 0 Å². The maximum Gasteiger partial charge on any atom is 0.0940 e. The lowest BCUT2D eigenvalue weighted by Crippen LogP contribution is -2.51. The van der Waals surface area contributed by atoms with Crippen molar-refractivity contribution in [3.05, 3.63) is 33.8 Å². The number of benzene rings is 1. The molecule has 1 aliphatic heterocycles. The van der Waals surface area contributed by atoms with Gasteiger partial charge in [0.2, 0.25) is 0 Å². The summed E-state index contributed by atoms with van der Waals surface area (Å²) in [5.41, 5.74) is 0.761. The minimum atomic E-state index is -0.139. The zero-order valence-corrected chi connectivity index (χ0v) is 12.7. The summed E-state index contributed by atoms with van der Waals surface area (Å²) < 4.78 is 11.6. The molecule has 1 fully saturated rings. The van der Waals surface area contributed by atoms with E-state index in [2.05, 4.69) is 19.2 Å². The minimum absolute atomic E-state index is 0.0710. The molecule has 0 radical (unpaired) electrons. The molecule has 1 aliphatic rings. The Morgan fingerprint density at radius 3 is 2.95 bits per heavy atom. The zero-order chi connectivity index (χ0) is 13.9. The second kappa shape index (κ2) is 6.42. The topological polar surface area (TPSA) is 30.5 Å². The van der Waals surface area contributed by atoms with Crippen LogP contribution in [0.5, 0.6) is 0 Å². The summed E-state index contributed by atoms with van der Waals surface area (Å²) in [5.74, 6) is 0. The fourth-order valence-corrected chi connectivity index (χ4v) is 2.50. The molecule has 2 rings (SSSR count). The summed E-state index contributed by atoms with van der Waals surface area (Å²) >= 11 is 12.1. The summed E-state index contributed by atoms with van der Waals surface area (Å²) in [7, 11) is 0. The molecule has 5 heteroatoms. The molecule has 0 aliphatic carbocycles. The first-order chi connectivity index (χ1) is 8.98. The van der Waals surface area contributed by atoms with E-state index >= 15 is 0 Å². The Labute approximate surface area is 124 Å². The van der Waals surface area contributed by atoms with Crippen LogP contribution in [0.2, 0.25) is 10.0 Å². The Hall–Kier alpha value is -0.320. The van der Waals surface area contributed by atoms with Crippen molar-refractivity contribution in [2.45, 2.75) is 32.2 Å². The number of hydrogen-bond donors (Lipinski definition) is 1. The van der Waals surface area contributed by atoms with E-state index in [1.165, 1.54) is 0 Å². The van der Waals surface area contributed by atoms with Crippen LogP contribution in [-0.4, -0.2) is 31.4 Å². The number of ether oxygens (including phenoxy) is 2. The Kier molecular flexibility index (Phi) is 5.09. The average Bonchev–Trinajstić information content (AvgIpc) is 2.33. The molecule has 1 saturated heterocycles. The molecule has 1 N–H and O–H groups in total. The lowest BCUT2D eigenvalue weighted by atomic mass is 10.1. The number of nitrogens with one attached hydrogen (secondary N) is 1. The van der Waals surface area contributed by atoms with Crippen LogP contribution in [0.3, 0.4) is 0 Å². The summed E-state index contributed by atoms with van der Waals surface area (Å²) in [4.78, 5) is 0. The first-order valence-electron chi connectivity index (χ1n) is 6.37. The lowest BCUT2D eigenvalue weighted by molar-refractivity contribution is -0.122. The lowest BCUT2D eigenvalue weighted by Gasteiger charge is -2.36. The molecule has 1 atom stereocenters. The normalized spacial score (nSPS) is 22.4. The van der Waals surface area contributed by atoms with Gasteiger partial charge in [0.05, 0.1) is 35.0 Å². The summed E-state index contributed by atoms with van der Waals surface area (Å²) in [6.45, 7) is 6.80. The van der Waals surface area contributed by atoms with Crippen LogP contribution in [-0.2, 0) is 16.1 Å². The average molecular weight is 304 g/mol. The quantitative estimate of drug-likeness (QED) is 0.926. The highest BCUT2D eigenvalue weighted by molar-refractivity contribution is 6.42. The second-order valence-electron chi connectivity index (χ2n) is 5.36. The van der Waals surface area contributed by atoms with Crippen molar-refractivity contribution in [1.29, 1.82) is 0 Å². The number of rotatable bonds is 4. The van der Waals surface area contributed by atoms with Crippen LogP contribution in [0.1, 0.15) is 19.4 Å². The van der Waals surface area contributed by atoms with Gasteiger partial charge in [0.15, 0.2) is 0 Å². The van der Waals surface area contributed by atoms with Gasteiger partial charge in [-0.25, -0.2) is 0 Å². The van der Waals surface area contributed by atoms with E-state index in [4.69, 9.17) is 32.7 Å². The molecular weight excluding hydrogens is 285 g/mol. The van der Waals surface area contributed by atoms with Gasteiger partial charge in [-0.05, 0) is 25.5 Å². The van der Waals surface area contributed by atoms with Crippen molar-refractivity contribution < 1.29 is 9.47 Å². The monoisotopic (exact) mass is 303 g/mol. The highest BCUT2D eigenvalue weighted by Crippen LogP contribution is 2.26. The van der Waals surface area contributed by atoms with Crippen molar-refractivity contribution in [2.75, 3.05) is 19.7 Å². The standard InChI is InChI=1S/C14H19Cl2NO2/c1-14(2)9-17-6-11(19-14)8-18-7-10-4-3-5-12(15)13(10)16/h3-5,11,17H,6-9H2,1-2H3. The molecule has 1 unspecified atom stereocenters. The molecule has 19 heavy (non-hydrogen) atoms. The van der Waals surface area contributed by atoms with E-state index in [1.54, 1.807) is 6.07 Å². The molecule has 0 saturated carbocycles. The predicted molar refractivity (Wildman–Crippen MR) is 77.9 cm³/mol. The molecule has 1 heterocycles. The van der Waals surface area contributed by atoms with Gasteiger partial charge >= 0.3 is 0 Å².